The van der Waals surface area contributed by atoms with Crippen LogP contribution in [0.2, 0.25) is 0 Å². The summed E-state index contributed by atoms with van der Waals surface area (Å²) in [5.41, 5.74) is 7.60. The molecule has 0 aliphatic carbocycles. The van der Waals surface area contributed by atoms with E-state index in [2.05, 4.69) is 190 Å². The molecule has 0 bridgehead atoms. The first-order valence-electron chi connectivity index (χ1n) is 17.2. The van der Waals surface area contributed by atoms with Crippen molar-refractivity contribution in [3.63, 3.8) is 0 Å². The highest BCUT2D eigenvalue weighted by Crippen LogP contribution is 2.54. The minimum atomic E-state index is -0.224. The smallest absolute Gasteiger partial charge is 0.203 e. The maximum atomic E-state index is 5.45. The lowest BCUT2D eigenvalue weighted by Gasteiger charge is -2.50. The third kappa shape index (κ3) is 3.49. The van der Waals surface area contributed by atoms with Crippen molar-refractivity contribution in [3.05, 3.63) is 115 Å². The van der Waals surface area contributed by atoms with E-state index in [0.29, 0.717) is 0 Å². The van der Waals surface area contributed by atoms with Crippen LogP contribution in [0.1, 0.15) is 55.4 Å². The molecule has 0 radical (unpaired) electrons. The summed E-state index contributed by atoms with van der Waals surface area (Å²) < 4.78 is 4.92. The van der Waals surface area contributed by atoms with Crippen molar-refractivity contribution in [2.75, 3.05) is 4.90 Å². The number of para-hydroxylation sites is 3. The van der Waals surface area contributed by atoms with Gasteiger partial charge in [0.25, 0.3) is 0 Å². The second kappa shape index (κ2) is 9.31. The van der Waals surface area contributed by atoms with Gasteiger partial charge in [-0.3, -0.25) is 0 Å². The average molecular weight is 630 g/mol. The number of nitrogens with zero attached hydrogens (tertiary/aromatic N) is 5. The number of anilines is 1. The van der Waals surface area contributed by atoms with Crippen molar-refractivity contribution >= 4 is 55.3 Å². The molecule has 5 nitrogen and oxygen atoms in total. The van der Waals surface area contributed by atoms with Crippen LogP contribution in [0.5, 0.6) is 0 Å². The van der Waals surface area contributed by atoms with Crippen LogP contribution in [-0.4, -0.2) is 42.1 Å². The summed E-state index contributed by atoms with van der Waals surface area (Å²) in [5.74, 6) is 1.07. The molecule has 0 atom stereocenters. The lowest BCUT2D eigenvalue weighted by atomic mass is 9.76. The highest BCUT2D eigenvalue weighted by molar-refractivity contribution is 6.24. The maximum Gasteiger partial charge on any atom is 0.203 e. The van der Waals surface area contributed by atoms with Crippen LogP contribution in [0.4, 0.5) is 5.69 Å². The van der Waals surface area contributed by atoms with Gasteiger partial charge in [0.1, 0.15) is 0 Å². The molecule has 2 aromatic heterocycles. The zero-order chi connectivity index (χ0) is 33.4. The third-order valence-corrected chi connectivity index (χ3v) is 12.3. The largest absolute Gasteiger partial charge is 0.327 e. The molecule has 1 fully saturated rings. The van der Waals surface area contributed by atoms with E-state index in [1.807, 2.05) is 0 Å². The Balaban J connectivity index is 1.40. The van der Waals surface area contributed by atoms with Gasteiger partial charge in [-0.05, 0) is 104 Å². The van der Waals surface area contributed by atoms with Crippen LogP contribution in [-0.2, 0) is 0 Å². The number of aromatic nitrogens is 2. The molecule has 0 spiro atoms. The van der Waals surface area contributed by atoms with Gasteiger partial charge in [-0.2, -0.15) is 0 Å². The lowest BCUT2D eigenvalue weighted by molar-refractivity contribution is 0.0529. The van der Waals surface area contributed by atoms with E-state index in [-0.39, 0.29) is 22.2 Å². The topological polar surface area (TPSA) is 28.7 Å². The Bertz CT molecular complexity index is 2460. The Kier molecular flexibility index (Phi) is 5.65. The van der Waals surface area contributed by atoms with Gasteiger partial charge in [0.2, 0.25) is 5.96 Å². The fourth-order valence-corrected chi connectivity index (χ4v) is 8.66. The van der Waals surface area contributed by atoms with Gasteiger partial charge in [0.15, 0.2) is 0 Å². The molecule has 0 amide bonds. The number of hydrogen-bond donors (Lipinski definition) is 0. The molecule has 2 aliphatic heterocycles. The highest BCUT2D eigenvalue weighted by Gasteiger charge is 2.65. The molecule has 240 valence electrons. The first-order valence-corrected chi connectivity index (χ1v) is 17.2. The summed E-state index contributed by atoms with van der Waals surface area (Å²) in [6, 6.07) is 42.1. The quantitative estimate of drug-likeness (QED) is 0.195. The molecule has 7 aromatic rings. The van der Waals surface area contributed by atoms with E-state index in [9.17, 15) is 0 Å². The third-order valence-electron chi connectivity index (χ3n) is 12.3. The Morgan fingerprint density at radius 3 is 1.56 bits per heavy atom. The Morgan fingerprint density at radius 1 is 0.438 bits per heavy atom. The molecule has 48 heavy (non-hydrogen) atoms. The molecule has 5 heteroatoms. The van der Waals surface area contributed by atoms with Crippen LogP contribution in [0, 0.1) is 0 Å². The normalized spacial score (nSPS) is 19.1. The molecule has 0 N–H and O–H groups in total. The molecule has 5 aromatic carbocycles. The van der Waals surface area contributed by atoms with Crippen LogP contribution in [0.15, 0.2) is 120 Å². The monoisotopic (exact) mass is 629 g/mol. The van der Waals surface area contributed by atoms with Crippen LogP contribution in [0.25, 0.3) is 55.0 Å². The Labute approximate surface area is 282 Å². The highest BCUT2D eigenvalue weighted by atomic mass is 15.6. The van der Waals surface area contributed by atoms with Crippen molar-refractivity contribution < 1.29 is 0 Å². The summed E-state index contributed by atoms with van der Waals surface area (Å²) >= 11 is 0. The molecule has 9 rings (SSSR count). The minimum absolute atomic E-state index is 0.137. The van der Waals surface area contributed by atoms with E-state index in [1.54, 1.807) is 0 Å². The van der Waals surface area contributed by atoms with Gasteiger partial charge < -0.3 is 18.9 Å². The van der Waals surface area contributed by atoms with Crippen LogP contribution in [0.3, 0.4) is 0 Å². The molecule has 1 saturated heterocycles. The van der Waals surface area contributed by atoms with Gasteiger partial charge in [-0.1, -0.05) is 66.7 Å². The number of hydrogen-bond acceptors (Lipinski definition) is 3. The fourth-order valence-electron chi connectivity index (χ4n) is 8.66. The van der Waals surface area contributed by atoms with E-state index < -0.39 is 0 Å². The molecule has 0 unspecified atom stereocenters. The number of aliphatic imine (C=N–C) groups is 1. The Morgan fingerprint density at radius 2 is 0.958 bits per heavy atom. The summed E-state index contributed by atoms with van der Waals surface area (Å²) in [6.45, 7) is 18.7. The predicted octanol–water partition coefficient (Wildman–Crippen LogP) is 10.5. The zero-order valence-corrected chi connectivity index (χ0v) is 29.2. The van der Waals surface area contributed by atoms with Crippen molar-refractivity contribution in [3.8, 4) is 11.4 Å². The first kappa shape index (κ1) is 29.1. The number of rotatable bonds is 3. The zero-order valence-electron chi connectivity index (χ0n) is 29.2. The summed E-state index contributed by atoms with van der Waals surface area (Å²) in [6.07, 6.45) is 0. The second-order valence-corrected chi connectivity index (χ2v) is 15.7. The average Bonchev–Trinajstić information content (AvgIpc) is 3.68. The van der Waals surface area contributed by atoms with Gasteiger partial charge in [-0.25, -0.2) is 4.99 Å². The van der Waals surface area contributed by atoms with E-state index in [4.69, 9.17) is 4.99 Å². The SMILES string of the molecule is CC1(C)N=C2N(c3ccc4c(c3)c3ccc5c6ccccc6n(-c6ccccc6)c5c3n4-c3ccccc3)C(C)(C)C(C)(C)N2C1(C)C. The standard InChI is InChI=1S/C43H43N5/c1-40(2)41(3,4)48-39(44-40)47(42(5,6)43(48,7)8)30-23-26-36-34(27-30)33-25-24-32-31-21-15-16-22-35(31)45(28-17-11-9-12-18-28)37(32)38(33)46(36)29-19-13-10-14-20-29/h9-27H,1-8H3. The first-order chi connectivity index (χ1) is 22.9. The van der Waals surface area contributed by atoms with Crippen LogP contribution >= 0.6 is 0 Å². The van der Waals surface area contributed by atoms with E-state index in [1.165, 1.54) is 49.3 Å². The predicted molar refractivity (Wildman–Crippen MR) is 203 cm³/mol. The van der Waals surface area contributed by atoms with Gasteiger partial charge in [-0.15, -0.1) is 0 Å². The molecule has 4 heterocycles. The van der Waals surface area contributed by atoms with Gasteiger partial charge in [0.05, 0.1) is 44.2 Å². The molecule has 2 aliphatic rings. The molecular formula is C43H43N5. The second-order valence-electron chi connectivity index (χ2n) is 15.7. The van der Waals surface area contributed by atoms with Crippen molar-refractivity contribution in [1.82, 2.24) is 14.0 Å². The summed E-state index contributed by atoms with van der Waals surface area (Å²) in [7, 11) is 0. The number of fused-ring (bicyclic) bond motifs is 8. The fraction of sp³-hybridized carbons (Fsp3) is 0.279. The van der Waals surface area contributed by atoms with Crippen molar-refractivity contribution in [1.29, 1.82) is 0 Å². The van der Waals surface area contributed by atoms with Crippen molar-refractivity contribution in [2.45, 2.75) is 77.5 Å². The Hall–Kier alpha value is -5.03. The van der Waals surface area contributed by atoms with Crippen LogP contribution < -0.4 is 4.90 Å². The minimum Gasteiger partial charge on any atom is -0.327 e. The van der Waals surface area contributed by atoms with Gasteiger partial charge >= 0.3 is 0 Å². The summed E-state index contributed by atoms with van der Waals surface area (Å²) in [4.78, 5) is 10.5. The summed E-state index contributed by atoms with van der Waals surface area (Å²) in [5, 5.41) is 4.99. The van der Waals surface area contributed by atoms with E-state index >= 15 is 0 Å². The number of benzene rings is 5. The maximum absolute atomic E-state index is 5.45. The molecular weight excluding hydrogens is 587 g/mol. The van der Waals surface area contributed by atoms with Crippen molar-refractivity contribution in [2.24, 2.45) is 4.99 Å². The van der Waals surface area contributed by atoms with E-state index in [0.717, 1.165) is 17.3 Å². The van der Waals surface area contributed by atoms with Gasteiger partial charge in [0, 0.05) is 38.6 Å². The number of guanidine groups is 1. The lowest BCUT2D eigenvalue weighted by Crippen LogP contribution is -2.62. The molecule has 0 saturated carbocycles.